The number of likely N-dealkylation sites (tertiary alicyclic amines) is 1. The number of guanidine groups is 1. The van der Waals surface area contributed by atoms with E-state index in [0.717, 1.165) is 65.0 Å². The van der Waals surface area contributed by atoms with E-state index in [-0.39, 0.29) is 24.0 Å². The molecular formula is C20H33IN4O2. The molecule has 2 saturated heterocycles. The van der Waals surface area contributed by atoms with Crippen molar-refractivity contribution in [3.05, 3.63) is 35.4 Å². The first-order chi connectivity index (χ1) is 12.8. The molecular weight excluding hydrogens is 455 g/mol. The average molecular weight is 488 g/mol. The zero-order valence-corrected chi connectivity index (χ0v) is 18.9. The van der Waals surface area contributed by atoms with Crippen LogP contribution < -0.4 is 5.32 Å². The molecule has 2 aliphatic heterocycles. The molecule has 0 radical (unpaired) electrons. The van der Waals surface area contributed by atoms with Gasteiger partial charge in [-0.05, 0) is 17.5 Å². The average Bonchev–Trinajstić information content (AvgIpc) is 3.12. The van der Waals surface area contributed by atoms with Crippen LogP contribution >= 0.6 is 24.0 Å². The number of hydrogen-bond acceptors (Lipinski definition) is 4. The third kappa shape index (κ3) is 6.89. The number of morpholine rings is 1. The smallest absolute Gasteiger partial charge is 0.193 e. The Hall–Kier alpha value is -0.900. The van der Waals surface area contributed by atoms with Crippen LogP contribution in [0.25, 0.3) is 0 Å². The first-order valence-corrected chi connectivity index (χ1v) is 9.61. The van der Waals surface area contributed by atoms with Crippen molar-refractivity contribution in [2.45, 2.75) is 19.5 Å². The van der Waals surface area contributed by atoms with Gasteiger partial charge in [-0.2, -0.15) is 0 Å². The van der Waals surface area contributed by atoms with Gasteiger partial charge in [0.1, 0.15) is 0 Å². The van der Waals surface area contributed by atoms with Gasteiger partial charge in [0, 0.05) is 59.3 Å². The highest BCUT2D eigenvalue weighted by Crippen LogP contribution is 2.16. The molecule has 1 aromatic rings. The summed E-state index contributed by atoms with van der Waals surface area (Å²) < 4.78 is 10.7. The largest absolute Gasteiger partial charge is 0.384 e. The van der Waals surface area contributed by atoms with Crippen molar-refractivity contribution in [3.8, 4) is 0 Å². The van der Waals surface area contributed by atoms with Gasteiger partial charge in [-0.3, -0.25) is 9.89 Å². The summed E-state index contributed by atoms with van der Waals surface area (Å²) in [6.45, 7) is 8.42. The molecule has 1 atom stereocenters. The summed E-state index contributed by atoms with van der Waals surface area (Å²) in [5, 5.41) is 3.52. The van der Waals surface area contributed by atoms with Crippen LogP contribution in [0.15, 0.2) is 29.3 Å². The minimum Gasteiger partial charge on any atom is -0.384 e. The second kappa shape index (κ2) is 11.8. The highest BCUT2D eigenvalue weighted by atomic mass is 127. The molecule has 0 bridgehead atoms. The zero-order chi connectivity index (χ0) is 18.2. The maximum atomic E-state index is 5.43. The molecule has 0 saturated carbocycles. The molecule has 27 heavy (non-hydrogen) atoms. The second-order valence-electron chi connectivity index (χ2n) is 7.17. The number of nitrogens with one attached hydrogen (secondary N) is 1. The van der Waals surface area contributed by atoms with E-state index in [2.05, 4.69) is 44.4 Å². The Balaban J connectivity index is 0.00000261. The van der Waals surface area contributed by atoms with Crippen LogP contribution in [-0.4, -0.2) is 75.9 Å². The quantitative estimate of drug-likeness (QED) is 0.378. The van der Waals surface area contributed by atoms with Crippen molar-refractivity contribution in [1.82, 2.24) is 15.1 Å². The summed E-state index contributed by atoms with van der Waals surface area (Å²) in [4.78, 5) is 9.25. The highest BCUT2D eigenvalue weighted by Gasteiger charge is 2.24. The van der Waals surface area contributed by atoms with Gasteiger partial charge in [0.2, 0.25) is 0 Å². The van der Waals surface area contributed by atoms with Crippen molar-refractivity contribution < 1.29 is 9.47 Å². The molecule has 2 aliphatic rings. The number of nitrogens with zero attached hydrogens (tertiary/aromatic N) is 3. The standard InChI is InChI=1S/C20H32N4O2.HI/c1-21-20(24-7-6-19(15-24)16-25-2)22-13-17-4-3-5-18(12-17)14-23-8-10-26-11-9-23;/h3-5,12,19H,6-11,13-16H2,1-2H3,(H,21,22);1H. The zero-order valence-electron chi connectivity index (χ0n) is 16.5. The number of benzene rings is 1. The molecule has 1 unspecified atom stereocenters. The first kappa shape index (κ1) is 22.4. The van der Waals surface area contributed by atoms with E-state index in [1.807, 2.05) is 7.05 Å². The van der Waals surface area contributed by atoms with Crippen molar-refractivity contribution in [2.75, 3.05) is 60.2 Å². The van der Waals surface area contributed by atoms with Crippen LogP contribution in [0, 0.1) is 5.92 Å². The third-order valence-electron chi connectivity index (χ3n) is 5.15. The van der Waals surface area contributed by atoms with E-state index >= 15 is 0 Å². The lowest BCUT2D eigenvalue weighted by Crippen LogP contribution is -2.39. The summed E-state index contributed by atoms with van der Waals surface area (Å²) in [5.74, 6) is 1.59. The Morgan fingerprint density at radius 3 is 2.78 bits per heavy atom. The fraction of sp³-hybridized carbons (Fsp3) is 0.650. The first-order valence-electron chi connectivity index (χ1n) is 9.61. The molecule has 0 aliphatic carbocycles. The molecule has 152 valence electrons. The molecule has 2 fully saturated rings. The molecule has 1 N–H and O–H groups in total. The number of rotatable bonds is 6. The van der Waals surface area contributed by atoms with Gasteiger partial charge in [0.25, 0.3) is 0 Å². The minimum absolute atomic E-state index is 0. The fourth-order valence-electron chi connectivity index (χ4n) is 3.77. The minimum atomic E-state index is 0. The molecule has 7 heteroatoms. The number of halogens is 1. The SMILES string of the molecule is CN=C(NCc1cccc(CN2CCOCC2)c1)N1CCC(COC)C1.I. The lowest BCUT2D eigenvalue weighted by Gasteiger charge is -2.26. The Kier molecular flexibility index (Phi) is 9.81. The van der Waals surface area contributed by atoms with Crippen molar-refractivity contribution in [1.29, 1.82) is 0 Å². The van der Waals surface area contributed by atoms with Crippen molar-refractivity contribution in [3.63, 3.8) is 0 Å². The Labute approximate surface area is 180 Å². The molecule has 1 aromatic carbocycles. The van der Waals surface area contributed by atoms with Crippen LogP contribution in [0.3, 0.4) is 0 Å². The summed E-state index contributed by atoms with van der Waals surface area (Å²) in [6, 6.07) is 8.85. The molecule has 0 aromatic heterocycles. The van der Waals surface area contributed by atoms with Gasteiger partial charge in [-0.15, -0.1) is 24.0 Å². The third-order valence-corrected chi connectivity index (χ3v) is 5.15. The van der Waals surface area contributed by atoms with Gasteiger partial charge >= 0.3 is 0 Å². The predicted molar refractivity (Wildman–Crippen MR) is 120 cm³/mol. The monoisotopic (exact) mass is 488 g/mol. The van der Waals surface area contributed by atoms with E-state index < -0.39 is 0 Å². The maximum absolute atomic E-state index is 5.43. The van der Waals surface area contributed by atoms with Crippen LogP contribution in [0.5, 0.6) is 0 Å². The fourth-order valence-corrected chi connectivity index (χ4v) is 3.77. The Morgan fingerprint density at radius 2 is 2.04 bits per heavy atom. The molecule has 0 amide bonds. The van der Waals surface area contributed by atoms with Crippen LogP contribution in [0.1, 0.15) is 17.5 Å². The number of hydrogen-bond donors (Lipinski definition) is 1. The second-order valence-corrected chi connectivity index (χ2v) is 7.17. The normalized spacial score (nSPS) is 21.2. The lowest BCUT2D eigenvalue weighted by atomic mass is 10.1. The summed E-state index contributed by atoms with van der Waals surface area (Å²) >= 11 is 0. The maximum Gasteiger partial charge on any atom is 0.193 e. The van der Waals surface area contributed by atoms with Crippen molar-refractivity contribution >= 4 is 29.9 Å². The number of ether oxygens (including phenoxy) is 2. The molecule has 3 rings (SSSR count). The summed E-state index contributed by atoms with van der Waals surface area (Å²) in [5.41, 5.74) is 2.66. The summed E-state index contributed by atoms with van der Waals surface area (Å²) in [7, 11) is 3.64. The Morgan fingerprint density at radius 1 is 1.26 bits per heavy atom. The summed E-state index contributed by atoms with van der Waals surface area (Å²) in [6.07, 6.45) is 1.17. The Bertz CT molecular complexity index is 593. The number of methoxy groups -OCH3 is 1. The topological polar surface area (TPSA) is 49.3 Å². The lowest BCUT2D eigenvalue weighted by molar-refractivity contribution is 0.0342. The van der Waals surface area contributed by atoms with Gasteiger partial charge < -0.3 is 19.7 Å². The number of aliphatic imine (C=N–C) groups is 1. The van der Waals surface area contributed by atoms with Gasteiger partial charge in [-0.1, -0.05) is 24.3 Å². The van der Waals surface area contributed by atoms with Gasteiger partial charge in [-0.25, -0.2) is 0 Å². The molecule has 6 nitrogen and oxygen atoms in total. The predicted octanol–water partition coefficient (Wildman–Crippen LogP) is 2.18. The van der Waals surface area contributed by atoms with E-state index in [4.69, 9.17) is 9.47 Å². The van der Waals surface area contributed by atoms with E-state index in [1.165, 1.54) is 17.5 Å². The van der Waals surface area contributed by atoms with E-state index in [9.17, 15) is 0 Å². The van der Waals surface area contributed by atoms with Gasteiger partial charge in [0.05, 0.1) is 19.8 Å². The van der Waals surface area contributed by atoms with Crippen LogP contribution in [-0.2, 0) is 22.6 Å². The van der Waals surface area contributed by atoms with Crippen molar-refractivity contribution in [2.24, 2.45) is 10.9 Å². The molecule has 0 spiro atoms. The highest BCUT2D eigenvalue weighted by molar-refractivity contribution is 14.0. The van der Waals surface area contributed by atoms with E-state index in [1.54, 1.807) is 7.11 Å². The van der Waals surface area contributed by atoms with Crippen LogP contribution in [0.2, 0.25) is 0 Å². The van der Waals surface area contributed by atoms with Gasteiger partial charge in [0.15, 0.2) is 5.96 Å². The molecule has 2 heterocycles. The van der Waals surface area contributed by atoms with Crippen LogP contribution in [0.4, 0.5) is 0 Å². The van der Waals surface area contributed by atoms with E-state index in [0.29, 0.717) is 5.92 Å².